The monoisotopic (exact) mass is 189 g/mol. The van der Waals surface area contributed by atoms with Gasteiger partial charge in [-0.1, -0.05) is 18.6 Å². The van der Waals surface area contributed by atoms with Gasteiger partial charge in [-0.25, -0.2) is 0 Å². The van der Waals surface area contributed by atoms with Crippen LogP contribution in [0.1, 0.15) is 19.8 Å². The van der Waals surface area contributed by atoms with Gasteiger partial charge in [-0.15, -0.1) is 0 Å². The molecule has 0 saturated carbocycles. The van der Waals surface area contributed by atoms with E-state index in [-0.39, 0.29) is 6.42 Å². The van der Waals surface area contributed by atoms with E-state index in [1.165, 1.54) is 6.20 Å². The molecular weight excluding hydrogens is 179 g/mol. The molecule has 0 spiro atoms. The lowest BCUT2D eigenvalue weighted by atomic mass is 10.1. The smallest absolute Gasteiger partial charge is 0.256 e. The first-order valence-corrected chi connectivity index (χ1v) is 4.03. The topological polar surface area (TPSA) is 12.4 Å². The lowest BCUT2D eigenvalue weighted by Crippen LogP contribution is -2.21. The average Bonchev–Trinajstić information content (AvgIpc) is 2.26. The van der Waals surface area contributed by atoms with Crippen molar-refractivity contribution in [2.45, 2.75) is 25.9 Å². The van der Waals surface area contributed by atoms with Gasteiger partial charge >= 0.3 is 6.18 Å². The summed E-state index contributed by atoms with van der Waals surface area (Å²) < 4.78 is 36.5. The predicted octanol–water partition coefficient (Wildman–Crippen LogP) is 3.24. The van der Waals surface area contributed by atoms with Crippen LogP contribution in [0.15, 0.2) is 28.9 Å². The molecule has 0 fully saturated rings. The first kappa shape index (κ1) is 10.0. The number of aliphatic imine (C=N–C) groups is 1. The van der Waals surface area contributed by atoms with Crippen molar-refractivity contribution in [2.24, 2.45) is 4.99 Å². The van der Waals surface area contributed by atoms with Crippen molar-refractivity contribution in [1.29, 1.82) is 0 Å². The summed E-state index contributed by atoms with van der Waals surface area (Å²) in [6.07, 6.45) is 0.695. The van der Waals surface area contributed by atoms with Crippen LogP contribution in [-0.4, -0.2) is 11.9 Å². The largest absolute Gasteiger partial charge is 0.429 e. The fraction of sp³-hybridized carbons (Fsp3) is 0.444. The van der Waals surface area contributed by atoms with Crippen LogP contribution < -0.4 is 0 Å². The molecule has 0 amide bonds. The Bertz CT molecular complexity index is 271. The Kier molecular flexibility index (Phi) is 2.90. The zero-order chi connectivity index (χ0) is 9.90. The fourth-order valence-electron chi connectivity index (χ4n) is 1.02. The molecule has 1 aliphatic rings. The van der Waals surface area contributed by atoms with Crippen LogP contribution in [0.3, 0.4) is 0 Å². The van der Waals surface area contributed by atoms with Crippen molar-refractivity contribution >= 4 is 5.71 Å². The van der Waals surface area contributed by atoms with Crippen LogP contribution in [0.2, 0.25) is 0 Å². The average molecular weight is 189 g/mol. The summed E-state index contributed by atoms with van der Waals surface area (Å²) in [5.41, 5.74) is 0.162. The molecule has 0 aromatic rings. The number of nitrogens with zero attached hydrogens (tertiary/aromatic N) is 1. The van der Waals surface area contributed by atoms with Gasteiger partial charge in [0, 0.05) is 12.6 Å². The van der Waals surface area contributed by atoms with Crippen molar-refractivity contribution in [2.75, 3.05) is 0 Å². The second-order valence-electron chi connectivity index (χ2n) is 2.73. The minimum absolute atomic E-state index is 0.125. The molecule has 0 aliphatic carbocycles. The predicted molar refractivity (Wildman–Crippen MR) is 45.6 cm³/mol. The van der Waals surface area contributed by atoms with Gasteiger partial charge in [-0.3, -0.25) is 4.99 Å². The summed E-state index contributed by atoms with van der Waals surface area (Å²) in [7, 11) is 0. The highest BCUT2D eigenvalue weighted by molar-refractivity contribution is 5.91. The number of halogens is 3. The summed E-state index contributed by atoms with van der Waals surface area (Å²) in [5, 5.41) is 0. The van der Waals surface area contributed by atoms with Crippen LogP contribution in [0.4, 0.5) is 13.2 Å². The van der Waals surface area contributed by atoms with Crippen LogP contribution in [0, 0.1) is 0 Å². The van der Waals surface area contributed by atoms with Gasteiger partial charge < -0.3 is 0 Å². The van der Waals surface area contributed by atoms with E-state index < -0.39 is 11.9 Å². The van der Waals surface area contributed by atoms with Crippen molar-refractivity contribution in [3.8, 4) is 0 Å². The Morgan fingerprint density at radius 1 is 1.46 bits per heavy atom. The Labute approximate surface area is 74.7 Å². The number of allylic oxidation sites excluding steroid dienone is 3. The molecule has 0 bridgehead atoms. The molecular formula is C9H10F3N. The van der Waals surface area contributed by atoms with Crippen molar-refractivity contribution in [3.63, 3.8) is 0 Å². The van der Waals surface area contributed by atoms with Gasteiger partial charge in [0.1, 0.15) is 5.71 Å². The maximum Gasteiger partial charge on any atom is 0.429 e. The summed E-state index contributed by atoms with van der Waals surface area (Å²) in [4.78, 5) is 3.35. The third kappa shape index (κ3) is 2.72. The van der Waals surface area contributed by atoms with Gasteiger partial charge in [0.05, 0.1) is 0 Å². The molecule has 0 atom stereocenters. The summed E-state index contributed by atoms with van der Waals surface area (Å²) in [6.45, 7) is 1.90. The summed E-state index contributed by atoms with van der Waals surface area (Å²) in [6, 6.07) is 0. The van der Waals surface area contributed by atoms with E-state index >= 15 is 0 Å². The van der Waals surface area contributed by atoms with E-state index in [9.17, 15) is 13.2 Å². The quantitative estimate of drug-likeness (QED) is 0.600. The lowest BCUT2D eigenvalue weighted by molar-refractivity contribution is -0.0599. The Morgan fingerprint density at radius 2 is 2.15 bits per heavy atom. The van der Waals surface area contributed by atoms with Crippen molar-refractivity contribution < 1.29 is 13.2 Å². The molecule has 4 heteroatoms. The molecule has 0 aromatic carbocycles. The fourth-order valence-corrected chi connectivity index (χ4v) is 1.02. The zero-order valence-electron chi connectivity index (χ0n) is 7.23. The third-order valence-corrected chi connectivity index (χ3v) is 1.81. The molecule has 0 N–H and O–H groups in total. The Hall–Kier alpha value is -1.06. The molecule has 1 nitrogen and oxygen atoms in total. The third-order valence-electron chi connectivity index (χ3n) is 1.81. The number of rotatable bonds is 1. The van der Waals surface area contributed by atoms with Crippen LogP contribution in [-0.2, 0) is 0 Å². The van der Waals surface area contributed by atoms with E-state index in [1.807, 2.05) is 6.92 Å². The van der Waals surface area contributed by atoms with Gasteiger partial charge in [0.2, 0.25) is 0 Å². The molecule has 13 heavy (non-hydrogen) atoms. The molecule has 1 rings (SSSR count). The maximum atomic E-state index is 12.2. The molecule has 0 radical (unpaired) electrons. The number of hydrogen-bond acceptors (Lipinski definition) is 1. The van der Waals surface area contributed by atoms with Crippen LogP contribution in [0.25, 0.3) is 0 Å². The highest BCUT2D eigenvalue weighted by Crippen LogP contribution is 2.22. The van der Waals surface area contributed by atoms with Gasteiger partial charge in [-0.05, 0) is 12.5 Å². The molecule has 1 heterocycles. The molecule has 72 valence electrons. The van der Waals surface area contributed by atoms with Crippen molar-refractivity contribution in [3.05, 3.63) is 23.9 Å². The van der Waals surface area contributed by atoms with Gasteiger partial charge in [0.25, 0.3) is 0 Å². The molecule has 0 saturated heterocycles. The minimum Gasteiger partial charge on any atom is -0.256 e. The van der Waals surface area contributed by atoms with Crippen molar-refractivity contribution in [1.82, 2.24) is 0 Å². The minimum atomic E-state index is -4.30. The Morgan fingerprint density at radius 3 is 2.69 bits per heavy atom. The van der Waals surface area contributed by atoms with E-state index in [4.69, 9.17) is 0 Å². The van der Waals surface area contributed by atoms with Crippen LogP contribution >= 0.6 is 0 Å². The second-order valence-corrected chi connectivity index (χ2v) is 2.73. The van der Waals surface area contributed by atoms with E-state index in [0.717, 1.165) is 12.0 Å². The van der Waals surface area contributed by atoms with E-state index in [0.29, 0.717) is 0 Å². The van der Waals surface area contributed by atoms with E-state index in [2.05, 4.69) is 4.99 Å². The maximum absolute atomic E-state index is 12.2. The van der Waals surface area contributed by atoms with Gasteiger partial charge in [-0.2, -0.15) is 13.2 Å². The molecule has 1 aliphatic heterocycles. The summed E-state index contributed by atoms with van der Waals surface area (Å²) in [5.74, 6) is 0. The summed E-state index contributed by atoms with van der Waals surface area (Å²) >= 11 is 0. The normalized spacial score (nSPS) is 17.8. The zero-order valence-corrected chi connectivity index (χ0v) is 7.23. The second kappa shape index (κ2) is 3.77. The number of alkyl halides is 3. The lowest BCUT2D eigenvalue weighted by Gasteiger charge is -2.06. The Balaban J connectivity index is 2.80. The highest BCUT2D eigenvalue weighted by Gasteiger charge is 2.34. The SMILES string of the molecule is CCC1=CCC(C(F)(F)F)=NC=C1. The van der Waals surface area contributed by atoms with E-state index in [1.54, 1.807) is 12.2 Å². The first-order chi connectivity index (χ1) is 6.04. The number of hydrogen-bond donors (Lipinski definition) is 0. The highest BCUT2D eigenvalue weighted by atomic mass is 19.4. The van der Waals surface area contributed by atoms with Crippen LogP contribution in [0.5, 0.6) is 0 Å². The molecule has 0 aromatic heterocycles. The first-order valence-electron chi connectivity index (χ1n) is 4.03. The standard InChI is InChI=1S/C9H10F3N/c1-2-7-3-4-8(9(10,11)12)13-6-5-7/h3,5-6H,2,4H2,1H3. The van der Waals surface area contributed by atoms with Gasteiger partial charge in [0.15, 0.2) is 0 Å². The molecule has 0 unspecified atom stereocenters.